The number of nitrogens with one attached hydrogen (secondary N) is 2. The second-order valence-corrected chi connectivity index (χ2v) is 4.95. The van der Waals surface area contributed by atoms with Crippen molar-refractivity contribution in [3.63, 3.8) is 0 Å². The summed E-state index contributed by atoms with van der Waals surface area (Å²) >= 11 is 0. The number of carbonyl (C=O) groups excluding carboxylic acids is 1. The van der Waals surface area contributed by atoms with Crippen LogP contribution in [-0.4, -0.2) is 62.8 Å². The Morgan fingerprint density at radius 1 is 1.25 bits per heavy atom. The van der Waals surface area contributed by atoms with Gasteiger partial charge in [-0.2, -0.15) is 0 Å². The molecule has 0 bridgehead atoms. The number of hydrogen-bond acceptors (Lipinski definition) is 4. The minimum Gasteiger partial charge on any atom is -0.379 e. The summed E-state index contributed by atoms with van der Waals surface area (Å²) in [6, 6.07) is 0.548. The summed E-state index contributed by atoms with van der Waals surface area (Å²) in [5, 5.41) is 6.14. The van der Waals surface area contributed by atoms with Gasteiger partial charge in [0, 0.05) is 31.6 Å². The molecule has 20 heavy (non-hydrogen) atoms. The highest BCUT2D eigenvalue weighted by molar-refractivity contribution is 5.85. The summed E-state index contributed by atoms with van der Waals surface area (Å²) in [5.41, 5.74) is 0. The van der Waals surface area contributed by atoms with E-state index in [0.29, 0.717) is 12.5 Å². The van der Waals surface area contributed by atoms with E-state index >= 15 is 0 Å². The molecule has 0 aliphatic carbocycles. The van der Waals surface area contributed by atoms with Crippen molar-refractivity contribution < 1.29 is 9.53 Å². The number of ether oxygens (including phenoxy) is 1. The van der Waals surface area contributed by atoms with Crippen molar-refractivity contribution in [2.45, 2.75) is 38.8 Å². The molecule has 0 aromatic rings. The zero-order chi connectivity index (χ0) is 13.4. The smallest absolute Gasteiger partial charge is 0.220 e. The van der Waals surface area contributed by atoms with Gasteiger partial charge in [-0.15, -0.1) is 24.8 Å². The fourth-order valence-electron chi connectivity index (χ4n) is 2.17. The van der Waals surface area contributed by atoms with E-state index in [1.165, 1.54) is 0 Å². The second kappa shape index (κ2) is 12.7. The van der Waals surface area contributed by atoms with E-state index in [1.54, 1.807) is 0 Å². The van der Waals surface area contributed by atoms with E-state index in [1.807, 2.05) is 7.05 Å². The fourth-order valence-corrected chi connectivity index (χ4v) is 2.17. The molecule has 1 aliphatic heterocycles. The van der Waals surface area contributed by atoms with Crippen LogP contribution in [0.15, 0.2) is 0 Å². The molecular formula is C13H29Cl2N3O2. The van der Waals surface area contributed by atoms with Crippen molar-refractivity contribution in [2.75, 3.05) is 39.9 Å². The van der Waals surface area contributed by atoms with E-state index in [-0.39, 0.29) is 36.8 Å². The highest BCUT2D eigenvalue weighted by Crippen LogP contribution is 2.07. The molecule has 1 fully saturated rings. The van der Waals surface area contributed by atoms with Gasteiger partial charge in [0.1, 0.15) is 0 Å². The van der Waals surface area contributed by atoms with Crippen LogP contribution in [0.3, 0.4) is 0 Å². The Labute approximate surface area is 135 Å². The first-order valence-electron chi connectivity index (χ1n) is 6.91. The van der Waals surface area contributed by atoms with E-state index < -0.39 is 0 Å². The molecule has 2 unspecified atom stereocenters. The highest BCUT2D eigenvalue weighted by atomic mass is 35.5. The number of morpholine rings is 1. The molecule has 1 heterocycles. The van der Waals surface area contributed by atoms with Crippen molar-refractivity contribution in [3.05, 3.63) is 0 Å². The van der Waals surface area contributed by atoms with Crippen LogP contribution in [0.2, 0.25) is 0 Å². The molecule has 1 aliphatic rings. The number of hydrogen-bond donors (Lipinski definition) is 2. The average Bonchev–Trinajstić information content (AvgIpc) is 2.39. The summed E-state index contributed by atoms with van der Waals surface area (Å²) < 4.78 is 5.34. The molecule has 0 radical (unpaired) electrons. The van der Waals surface area contributed by atoms with Crippen LogP contribution < -0.4 is 10.6 Å². The van der Waals surface area contributed by atoms with Crippen LogP contribution >= 0.6 is 24.8 Å². The molecule has 1 rings (SSSR count). The summed E-state index contributed by atoms with van der Waals surface area (Å²) in [5.74, 6) is 0.151. The fraction of sp³-hybridized carbons (Fsp3) is 0.923. The lowest BCUT2D eigenvalue weighted by molar-refractivity contribution is -0.122. The second-order valence-electron chi connectivity index (χ2n) is 4.95. The van der Waals surface area contributed by atoms with Crippen molar-refractivity contribution in [3.8, 4) is 0 Å². The zero-order valence-electron chi connectivity index (χ0n) is 12.7. The van der Waals surface area contributed by atoms with Crippen LogP contribution in [0.25, 0.3) is 0 Å². The number of amides is 1. The quantitative estimate of drug-likeness (QED) is 0.686. The lowest BCUT2D eigenvalue weighted by Gasteiger charge is -2.35. The molecule has 1 saturated heterocycles. The third-order valence-electron chi connectivity index (χ3n) is 3.56. The molecule has 2 N–H and O–H groups in total. The number of halogens is 2. The molecular weight excluding hydrogens is 301 g/mol. The van der Waals surface area contributed by atoms with Gasteiger partial charge in [-0.3, -0.25) is 9.69 Å². The van der Waals surface area contributed by atoms with Gasteiger partial charge in [-0.05, 0) is 33.9 Å². The lowest BCUT2D eigenvalue weighted by atomic mass is 10.1. The standard InChI is InChI=1S/C13H27N3O2.2ClH/c1-11(15-13(17)5-4-6-14-3)12(2)16-7-9-18-10-8-16;;/h11-12,14H,4-10H2,1-3H3,(H,15,17);2*1H. The van der Waals surface area contributed by atoms with Crippen molar-refractivity contribution in [1.29, 1.82) is 0 Å². The lowest BCUT2D eigenvalue weighted by Crippen LogP contribution is -2.52. The largest absolute Gasteiger partial charge is 0.379 e. The topological polar surface area (TPSA) is 53.6 Å². The van der Waals surface area contributed by atoms with Crippen molar-refractivity contribution >= 4 is 30.7 Å². The number of rotatable bonds is 7. The molecule has 0 saturated carbocycles. The maximum absolute atomic E-state index is 11.7. The first-order chi connectivity index (χ1) is 8.65. The van der Waals surface area contributed by atoms with Gasteiger partial charge in [0.15, 0.2) is 0 Å². The molecule has 7 heteroatoms. The minimum absolute atomic E-state index is 0. The zero-order valence-corrected chi connectivity index (χ0v) is 14.3. The first-order valence-corrected chi connectivity index (χ1v) is 6.91. The predicted molar refractivity (Wildman–Crippen MR) is 87.1 cm³/mol. The molecule has 0 aromatic heterocycles. The molecule has 2 atom stereocenters. The van der Waals surface area contributed by atoms with Gasteiger partial charge in [-0.25, -0.2) is 0 Å². The van der Waals surface area contributed by atoms with Gasteiger partial charge in [0.05, 0.1) is 13.2 Å². The monoisotopic (exact) mass is 329 g/mol. The van der Waals surface area contributed by atoms with Gasteiger partial charge in [0.2, 0.25) is 5.91 Å². The van der Waals surface area contributed by atoms with Gasteiger partial charge in [0.25, 0.3) is 0 Å². The van der Waals surface area contributed by atoms with Gasteiger partial charge in [-0.1, -0.05) is 0 Å². The summed E-state index contributed by atoms with van der Waals surface area (Å²) in [6.45, 7) is 8.66. The van der Waals surface area contributed by atoms with Crippen molar-refractivity contribution in [2.24, 2.45) is 0 Å². The molecule has 0 aromatic carbocycles. The van der Waals surface area contributed by atoms with Crippen LogP contribution in [-0.2, 0) is 9.53 Å². The normalized spacial score (nSPS) is 18.4. The number of carbonyl (C=O) groups is 1. The third kappa shape index (κ3) is 8.27. The van der Waals surface area contributed by atoms with Crippen LogP contribution in [0.5, 0.6) is 0 Å². The summed E-state index contributed by atoms with van der Waals surface area (Å²) in [6.07, 6.45) is 1.49. The summed E-state index contributed by atoms with van der Waals surface area (Å²) in [7, 11) is 1.90. The summed E-state index contributed by atoms with van der Waals surface area (Å²) in [4.78, 5) is 14.1. The maximum Gasteiger partial charge on any atom is 0.220 e. The van der Waals surface area contributed by atoms with Crippen LogP contribution in [0, 0.1) is 0 Å². The highest BCUT2D eigenvalue weighted by Gasteiger charge is 2.22. The Bertz CT molecular complexity index is 252. The molecule has 122 valence electrons. The molecule has 5 nitrogen and oxygen atoms in total. The van der Waals surface area contributed by atoms with Crippen molar-refractivity contribution in [1.82, 2.24) is 15.5 Å². The average molecular weight is 330 g/mol. The van der Waals surface area contributed by atoms with Crippen LogP contribution in [0.4, 0.5) is 0 Å². The first kappa shape index (κ1) is 22.2. The minimum atomic E-state index is 0. The van der Waals surface area contributed by atoms with E-state index in [9.17, 15) is 4.79 Å². The van der Waals surface area contributed by atoms with E-state index in [0.717, 1.165) is 39.3 Å². The Kier molecular flexibility index (Phi) is 14.1. The van der Waals surface area contributed by atoms with E-state index in [2.05, 4.69) is 29.4 Å². The Morgan fingerprint density at radius 3 is 2.40 bits per heavy atom. The third-order valence-corrected chi connectivity index (χ3v) is 3.56. The predicted octanol–water partition coefficient (Wildman–Crippen LogP) is 1.05. The van der Waals surface area contributed by atoms with Gasteiger partial charge < -0.3 is 15.4 Å². The van der Waals surface area contributed by atoms with Crippen LogP contribution in [0.1, 0.15) is 26.7 Å². The maximum atomic E-state index is 11.7. The Hall–Kier alpha value is -0.0700. The van der Waals surface area contributed by atoms with E-state index in [4.69, 9.17) is 4.74 Å². The Balaban J connectivity index is 0. The SMILES string of the molecule is CNCCCC(=O)NC(C)C(C)N1CCOCC1.Cl.Cl. The van der Waals surface area contributed by atoms with Gasteiger partial charge >= 0.3 is 0 Å². The molecule has 0 spiro atoms. The molecule has 1 amide bonds. The Morgan fingerprint density at radius 2 is 1.85 bits per heavy atom. The number of nitrogens with zero attached hydrogens (tertiary/aromatic N) is 1.